The van der Waals surface area contributed by atoms with Crippen molar-refractivity contribution in [1.29, 1.82) is 10.5 Å². The minimum atomic E-state index is 0.0230. The molecule has 3 heterocycles. The quantitative estimate of drug-likeness (QED) is 0.680. The normalized spacial score (nSPS) is 16.2. The summed E-state index contributed by atoms with van der Waals surface area (Å²) in [7, 11) is 0. The average molecular weight is 341 g/mol. The monoisotopic (exact) mass is 341 g/mol. The molecule has 126 valence electrons. The molecule has 0 N–H and O–H groups in total. The first kappa shape index (κ1) is 15.8. The molecule has 1 aliphatic heterocycles. The van der Waals surface area contributed by atoms with Crippen molar-refractivity contribution in [3.05, 3.63) is 54.7 Å². The average Bonchev–Trinajstić information content (AvgIpc) is 3.37. The lowest BCUT2D eigenvalue weighted by Gasteiger charge is -2.18. The first-order chi connectivity index (χ1) is 12.8. The molecule has 0 amide bonds. The highest BCUT2D eigenvalue weighted by Crippen LogP contribution is 2.28. The van der Waals surface area contributed by atoms with Gasteiger partial charge in [-0.3, -0.25) is 4.90 Å². The van der Waals surface area contributed by atoms with Crippen LogP contribution in [0.4, 0.5) is 0 Å². The third kappa shape index (κ3) is 2.87. The van der Waals surface area contributed by atoms with Crippen molar-refractivity contribution < 1.29 is 0 Å². The first-order valence-corrected chi connectivity index (χ1v) is 8.31. The van der Waals surface area contributed by atoms with Crippen LogP contribution >= 0.6 is 0 Å². The number of imidazole rings is 1. The molecule has 1 aliphatic rings. The molecular weight excluding hydrogens is 326 g/mol. The molecule has 1 unspecified atom stereocenters. The highest BCUT2D eigenvalue weighted by Gasteiger charge is 2.25. The van der Waals surface area contributed by atoms with Gasteiger partial charge in [0.1, 0.15) is 18.2 Å². The Morgan fingerprint density at radius 3 is 2.77 bits per heavy atom. The van der Waals surface area contributed by atoms with Crippen LogP contribution in [0.15, 0.2) is 49.2 Å². The summed E-state index contributed by atoms with van der Waals surface area (Å²) in [6.45, 7) is 0.779. The fraction of sp³-hybridized carbons (Fsp3) is 0.211. The van der Waals surface area contributed by atoms with E-state index in [2.05, 4.69) is 27.2 Å². The van der Waals surface area contributed by atoms with E-state index in [9.17, 15) is 5.26 Å². The zero-order valence-corrected chi connectivity index (χ0v) is 13.9. The van der Waals surface area contributed by atoms with E-state index in [0.717, 1.165) is 36.3 Å². The predicted molar refractivity (Wildman–Crippen MR) is 94.0 cm³/mol. The SMILES string of the molecule is N#Cc1cccc(-c2cc(-c3cn(C4CCCN4C#N)cn3)ncn2)c1. The van der Waals surface area contributed by atoms with Crippen LogP contribution < -0.4 is 0 Å². The van der Waals surface area contributed by atoms with E-state index < -0.39 is 0 Å². The minimum absolute atomic E-state index is 0.0230. The molecule has 1 atom stereocenters. The zero-order valence-electron chi connectivity index (χ0n) is 13.9. The molecule has 0 spiro atoms. The van der Waals surface area contributed by atoms with Crippen LogP contribution in [-0.2, 0) is 0 Å². The molecule has 1 saturated heterocycles. The van der Waals surface area contributed by atoms with E-state index in [1.807, 2.05) is 29.0 Å². The van der Waals surface area contributed by atoms with Crippen LogP contribution in [-0.4, -0.2) is 31.0 Å². The summed E-state index contributed by atoms with van der Waals surface area (Å²) in [5.74, 6) is 0. The lowest BCUT2D eigenvalue weighted by atomic mass is 10.1. The number of aromatic nitrogens is 4. The molecule has 3 aromatic rings. The maximum atomic E-state index is 9.23. The first-order valence-electron chi connectivity index (χ1n) is 8.31. The van der Waals surface area contributed by atoms with Gasteiger partial charge in [0, 0.05) is 18.3 Å². The molecule has 7 heteroatoms. The second kappa shape index (κ2) is 6.66. The van der Waals surface area contributed by atoms with Crippen LogP contribution in [0.25, 0.3) is 22.6 Å². The predicted octanol–water partition coefficient (Wildman–Crippen LogP) is 2.95. The standard InChI is InChI=1S/C19H15N7/c20-9-14-3-1-4-15(7-14)16-8-17(23-12-22-16)18-10-26(13-24-18)19-5-2-6-25(19)11-21/h1,3-4,7-8,10,12-13,19H,2,5-6H2. The molecule has 26 heavy (non-hydrogen) atoms. The van der Waals surface area contributed by atoms with E-state index >= 15 is 0 Å². The van der Waals surface area contributed by atoms with Crippen molar-refractivity contribution >= 4 is 0 Å². The van der Waals surface area contributed by atoms with E-state index in [4.69, 9.17) is 5.26 Å². The van der Waals surface area contributed by atoms with Gasteiger partial charge in [0.05, 0.1) is 29.3 Å². The van der Waals surface area contributed by atoms with E-state index in [0.29, 0.717) is 11.3 Å². The second-order valence-electron chi connectivity index (χ2n) is 6.10. The van der Waals surface area contributed by atoms with Gasteiger partial charge in [0.2, 0.25) is 0 Å². The van der Waals surface area contributed by atoms with Crippen LogP contribution in [0.2, 0.25) is 0 Å². The van der Waals surface area contributed by atoms with Gasteiger partial charge in [-0.2, -0.15) is 10.5 Å². The number of likely N-dealkylation sites (tertiary alicyclic amines) is 1. The van der Waals surface area contributed by atoms with Crippen LogP contribution in [0.5, 0.6) is 0 Å². The smallest absolute Gasteiger partial charge is 0.181 e. The zero-order chi connectivity index (χ0) is 17.9. The Kier molecular flexibility index (Phi) is 4.04. The number of rotatable bonds is 3. The molecule has 7 nitrogen and oxygen atoms in total. The van der Waals surface area contributed by atoms with Crippen LogP contribution in [0.3, 0.4) is 0 Å². The maximum Gasteiger partial charge on any atom is 0.181 e. The van der Waals surface area contributed by atoms with Crippen molar-refractivity contribution in [3.63, 3.8) is 0 Å². The third-order valence-corrected chi connectivity index (χ3v) is 4.51. The topological polar surface area (TPSA) is 94.4 Å². The van der Waals surface area contributed by atoms with Crippen molar-refractivity contribution in [2.75, 3.05) is 6.54 Å². The third-order valence-electron chi connectivity index (χ3n) is 4.51. The summed E-state index contributed by atoms with van der Waals surface area (Å²) in [5.41, 5.74) is 3.62. The highest BCUT2D eigenvalue weighted by molar-refractivity contribution is 5.66. The van der Waals surface area contributed by atoms with Gasteiger partial charge in [-0.25, -0.2) is 15.0 Å². The molecule has 0 aliphatic carbocycles. The van der Waals surface area contributed by atoms with Crippen molar-refractivity contribution in [3.8, 4) is 34.9 Å². The largest absolute Gasteiger partial charge is 0.315 e. The molecule has 1 fully saturated rings. The van der Waals surface area contributed by atoms with Crippen molar-refractivity contribution in [2.45, 2.75) is 19.0 Å². The van der Waals surface area contributed by atoms with Crippen LogP contribution in [0, 0.1) is 22.8 Å². The number of hydrogen-bond acceptors (Lipinski definition) is 6. The van der Waals surface area contributed by atoms with Crippen molar-refractivity contribution in [2.24, 2.45) is 0 Å². The lowest BCUT2D eigenvalue weighted by Crippen LogP contribution is -2.21. The molecule has 0 radical (unpaired) electrons. The fourth-order valence-corrected chi connectivity index (χ4v) is 3.21. The maximum absolute atomic E-state index is 9.23. The summed E-state index contributed by atoms with van der Waals surface area (Å²) in [4.78, 5) is 14.9. The molecule has 2 aromatic heterocycles. The second-order valence-corrected chi connectivity index (χ2v) is 6.10. The Hall–Kier alpha value is -3.71. The van der Waals surface area contributed by atoms with Gasteiger partial charge in [0.25, 0.3) is 0 Å². The Labute approximate surface area is 150 Å². The fourth-order valence-electron chi connectivity index (χ4n) is 3.21. The van der Waals surface area contributed by atoms with Crippen molar-refractivity contribution in [1.82, 2.24) is 24.4 Å². The summed E-state index contributed by atoms with van der Waals surface area (Å²) in [6.07, 6.45) is 9.35. The Bertz CT molecular complexity index is 1020. The van der Waals surface area contributed by atoms with Gasteiger partial charge in [-0.1, -0.05) is 12.1 Å². The molecular formula is C19H15N7. The Balaban J connectivity index is 1.65. The van der Waals surface area contributed by atoms with E-state index in [-0.39, 0.29) is 6.17 Å². The van der Waals surface area contributed by atoms with Gasteiger partial charge in [-0.05, 0) is 31.0 Å². The van der Waals surface area contributed by atoms with Gasteiger partial charge in [-0.15, -0.1) is 0 Å². The molecule has 4 rings (SSSR count). The number of nitrogens with zero attached hydrogens (tertiary/aromatic N) is 7. The van der Waals surface area contributed by atoms with E-state index in [1.165, 1.54) is 6.33 Å². The van der Waals surface area contributed by atoms with Crippen LogP contribution in [0.1, 0.15) is 24.6 Å². The molecule has 1 aromatic carbocycles. The summed E-state index contributed by atoms with van der Waals surface area (Å²) in [6, 6.07) is 11.3. The van der Waals surface area contributed by atoms with Gasteiger partial charge >= 0.3 is 0 Å². The lowest BCUT2D eigenvalue weighted by molar-refractivity contribution is 0.281. The Morgan fingerprint density at radius 1 is 1.04 bits per heavy atom. The van der Waals surface area contributed by atoms with Gasteiger partial charge < -0.3 is 4.57 Å². The molecule has 0 saturated carbocycles. The summed E-state index contributed by atoms with van der Waals surface area (Å²) < 4.78 is 1.96. The number of nitriles is 2. The molecule has 0 bridgehead atoms. The number of hydrogen-bond donors (Lipinski definition) is 0. The highest BCUT2D eigenvalue weighted by atomic mass is 15.3. The van der Waals surface area contributed by atoms with Gasteiger partial charge in [0.15, 0.2) is 6.19 Å². The van der Waals surface area contributed by atoms with E-state index in [1.54, 1.807) is 23.4 Å². The Morgan fingerprint density at radius 2 is 1.92 bits per heavy atom. The number of benzene rings is 1. The summed E-state index contributed by atoms with van der Waals surface area (Å²) in [5, 5.41) is 18.3. The summed E-state index contributed by atoms with van der Waals surface area (Å²) >= 11 is 0. The minimum Gasteiger partial charge on any atom is -0.315 e.